The van der Waals surface area contributed by atoms with Crippen LogP contribution < -0.4 is 15.0 Å². The number of anilines is 2. The average molecular weight is 501 g/mol. The van der Waals surface area contributed by atoms with Crippen LogP contribution >= 0.6 is 15.9 Å². The summed E-state index contributed by atoms with van der Waals surface area (Å²) in [4.78, 5) is 39.8. The van der Waals surface area contributed by atoms with Crippen LogP contribution in [-0.4, -0.2) is 24.8 Å². The van der Waals surface area contributed by atoms with E-state index in [2.05, 4.69) is 21.2 Å². The summed E-state index contributed by atoms with van der Waals surface area (Å²) in [5, 5.41) is 4.63. The Bertz CT molecular complexity index is 1430. The molecule has 0 atom stereocenters. The molecule has 0 aromatic heterocycles. The second kappa shape index (κ2) is 8.18. The van der Waals surface area contributed by atoms with Crippen LogP contribution in [0.5, 0.6) is 5.75 Å². The molecular weight excluding hydrogens is 484 g/mol. The summed E-state index contributed by atoms with van der Waals surface area (Å²) >= 11 is 3.52. The monoisotopic (exact) mass is 500 g/mol. The van der Waals surface area contributed by atoms with Crippen molar-refractivity contribution in [1.82, 2.24) is 0 Å². The normalized spacial score (nSPS) is 12.7. The van der Waals surface area contributed by atoms with Crippen LogP contribution in [0.2, 0.25) is 0 Å². The molecule has 0 saturated heterocycles. The van der Waals surface area contributed by atoms with E-state index in [0.29, 0.717) is 33.8 Å². The van der Waals surface area contributed by atoms with Gasteiger partial charge in [0, 0.05) is 21.8 Å². The molecule has 4 aromatic carbocycles. The molecule has 0 aliphatic carbocycles. The average Bonchev–Trinajstić information content (AvgIpc) is 3.09. The first-order valence-corrected chi connectivity index (χ1v) is 10.9. The number of ether oxygens (including phenoxy) is 1. The Labute approximate surface area is 197 Å². The van der Waals surface area contributed by atoms with E-state index < -0.39 is 11.8 Å². The third kappa shape index (κ3) is 3.47. The smallest absolute Gasteiger partial charge is 0.266 e. The number of nitrogens with zero attached hydrogens (tertiary/aromatic N) is 1. The Morgan fingerprint density at radius 2 is 1.52 bits per heavy atom. The van der Waals surface area contributed by atoms with Crippen molar-refractivity contribution in [2.45, 2.75) is 0 Å². The molecule has 1 heterocycles. The van der Waals surface area contributed by atoms with Gasteiger partial charge in [-0.15, -0.1) is 0 Å². The van der Waals surface area contributed by atoms with Crippen LogP contribution in [0.3, 0.4) is 0 Å². The molecule has 0 saturated carbocycles. The predicted octanol–water partition coefficient (Wildman–Crippen LogP) is 5.66. The van der Waals surface area contributed by atoms with Gasteiger partial charge in [-0.25, -0.2) is 4.90 Å². The van der Waals surface area contributed by atoms with Gasteiger partial charge in [-0.05, 0) is 47.2 Å². The molecule has 162 valence electrons. The minimum atomic E-state index is -0.410. The van der Waals surface area contributed by atoms with E-state index in [4.69, 9.17) is 4.74 Å². The van der Waals surface area contributed by atoms with Crippen LogP contribution in [0.4, 0.5) is 11.4 Å². The number of fused-ring (bicyclic) bond motifs is 2. The van der Waals surface area contributed by atoms with Gasteiger partial charge < -0.3 is 10.1 Å². The number of methoxy groups -OCH3 is 1. The number of imide groups is 1. The van der Waals surface area contributed by atoms with Gasteiger partial charge in [0.15, 0.2) is 0 Å². The molecule has 4 aromatic rings. The molecule has 33 heavy (non-hydrogen) atoms. The molecule has 0 fully saturated rings. The lowest BCUT2D eigenvalue weighted by Gasteiger charge is -2.18. The Kier molecular flexibility index (Phi) is 5.18. The van der Waals surface area contributed by atoms with Crippen molar-refractivity contribution in [3.63, 3.8) is 0 Å². The van der Waals surface area contributed by atoms with E-state index in [1.165, 1.54) is 7.11 Å². The summed E-state index contributed by atoms with van der Waals surface area (Å²) in [6.07, 6.45) is 0. The summed E-state index contributed by atoms with van der Waals surface area (Å²) in [6, 6.07) is 22.7. The number of rotatable bonds is 4. The first kappa shape index (κ1) is 20.9. The Balaban J connectivity index is 1.47. The zero-order valence-corrected chi connectivity index (χ0v) is 19.0. The molecule has 3 amide bonds. The lowest BCUT2D eigenvalue weighted by atomic mass is 10.0. The minimum Gasteiger partial charge on any atom is -0.494 e. The van der Waals surface area contributed by atoms with E-state index in [0.717, 1.165) is 20.1 Å². The zero-order chi connectivity index (χ0) is 23.1. The fourth-order valence-corrected chi connectivity index (χ4v) is 4.51. The number of carbonyl (C=O) groups excluding carboxylic acids is 3. The number of benzene rings is 4. The Morgan fingerprint density at radius 1 is 0.848 bits per heavy atom. The maximum absolute atomic E-state index is 13.0. The second-order valence-corrected chi connectivity index (χ2v) is 8.33. The maximum Gasteiger partial charge on any atom is 0.266 e. The van der Waals surface area contributed by atoms with Gasteiger partial charge in [-0.1, -0.05) is 52.3 Å². The largest absolute Gasteiger partial charge is 0.494 e. The van der Waals surface area contributed by atoms with E-state index in [1.54, 1.807) is 48.5 Å². The lowest BCUT2D eigenvalue weighted by Crippen LogP contribution is -2.29. The molecule has 0 radical (unpaired) electrons. The highest BCUT2D eigenvalue weighted by atomic mass is 79.9. The van der Waals surface area contributed by atoms with Gasteiger partial charge in [0.2, 0.25) is 0 Å². The van der Waals surface area contributed by atoms with Crippen molar-refractivity contribution in [3.05, 3.63) is 100 Å². The van der Waals surface area contributed by atoms with Gasteiger partial charge in [-0.2, -0.15) is 0 Å². The first-order valence-electron chi connectivity index (χ1n) is 10.1. The van der Waals surface area contributed by atoms with Crippen molar-refractivity contribution in [1.29, 1.82) is 0 Å². The summed E-state index contributed by atoms with van der Waals surface area (Å²) in [6.45, 7) is 0. The van der Waals surface area contributed by atoms with E-state index in [9.17, 15) is 14.4 Å². The fourth-order valence-electron chi connectivity index (χ4n) is 4.02. The fraction of sp³-hybridized carbons (Fsp3) is 0.0385. The molecule has 7 heteroatoms. The summed E-state index contributed by atoms with van der Waals surface area (Å²) < 4.78 is 6.37. The van der Waals surface area contributed by atoms with Crippen LogP contribution in [0.25, 0.3) is 10.8 Å². The number of hydrogen-bond donors (Lipinski definition) is 1. The molecule has 0 spiro atoms. The molecule has 0 bridgehead atoms. The van der Waals surface area contributed by atoms with Gasteiger partial charge in [0.1, 0.15) is 5.75 Å². The van der Waals surface area contributed by atoms with Crippen molar-refractivity contribution < 1.29 is 19.1 Å². The highest BCUT2D eigenvalue weighted by Crippen LogP contribution is 2.37. The standard InChI is InChI=1S/C26H17BrN2O4/c1-33-23-14-15(28-24(30)18-10-4-9-17-16(18)8-5-11-21(17)27)12-13-22(23)29-25(31)19-6-2-3-7-20(19)26(29)32/h2-14H,1H3,(H,28,30). The highest BCUT2D eigenvalue weighted by molar-refractivity contribution is 9.10. The highest BCUT2D eigenvalue weighted by Gasteiger charge is 2.37. The molecular formula is C26H17BrN2O4. The van der Waals surface area contributed by atoms with Crippen LogP contribution in [0, 0.1) is 0 Å². The first-order chi connectivity index (χ1) is 16.0. The third-order valence-corrected chi connectivity index (χ3v) is 6.28. The summed E-state index contributed by atoms with van der Waals surface area (Å²) in [7, 11) is 1.45. The van der Waals surface area contributed by atoms with Crippen molar-refractivity contribution in [2.24, 2.45) is 0 Å². The SMILES string of the molecule is COc1cc(NC(=O)c2cccc3c(Br)cccc23)ccc1N1C(=O)c2ccccc2C1=O. The zero-order valence-electron chi connectivity index (χ0n) is 17.5. The van der Waals surface area contributed by atoms with E-state index >= 15 is 0 Å². The molecule has 6 nitrogen and oxygen atoms in total. The topological polar surface area (TPSA) is 75.7 Å². The van der Waals surface area contributed by atoms with Crippen molar-refractivity contribution >= 4 is 55.8 Å². The Morgan fingerprint density at radius 3 is 2.21 bits per heavy atom. The lowest BCUT2D eigenvalue weighted by molar-refractivity contribution is 0.0923. The van der Waals surface area contributed by atoms with Crippen molar-refractivity contribution in [3.8, 4) is 5.75 Å². The number of halogens is 1. The Hall–Kier alpha value is -3.97. The third-order valence-electron chi connectivity index (χ3n) is 5.59. The van der Waals surface area contributed by atoms with Crippen LogP contribution in [0.15, 0.2) is 83.3 Å². The van der Waals surface area contributed by atoms with Gasteiger partial charge in [0.25, 0.3) is 17.7 Å². The number of nitrogens with one attached hydrogen (secondary N) is 1. The van der Waals surface area contributed by atoms with Gasteiger partial charge in [0.05, 0.1) is 23.9 Å². The minimum absolute atomic E-state index is 0.283. The summed E-state index contributed by atoms with van der Waals surface area (Å²) in [5.74, 6) is -0.809. The van der Waals surface area contributed by atoms with Gasteiger partial charge in [-0.3, -0.25) is 14.4 Å². The van der Waals surface area contributed by atoms with Crippen LogP contribution in [-0.2, 0) is 0 Å². The van der Waals surface area contributed by atoms with E-state index in [1.807, 2.05) is 30.3 Å². The van der Waals surface area contributed by atoms with Crippen LogP contribution in [0.1, 0.15) is 31.1 Å². The van der Waals surface area contributed by atoms with Gasteiger partial charge >= 0.3 is 0 Å². The maximum atomic E-state index is 13.0. The predicted molar refractivity (Wildman–Crippen MR) is 130 cm³/mol. The number of amides is 3. The molecule has 0 unspecified atom stereocenters. The molecule has 1 aliphatic rings. The number of hydrogen-bond acceptors (Lipinski definition) is 4. The van der Waals surface area contributed by atoms with E-state index in [-0.39, 0.29) is 5.91 Å². The quantitative estimate of drug-likeness (QED) is 0.366. The number of carbonyl (C=O) groups is 3. The molecule has 1 aliphatic heterocycles. The molecule has 1 N–H and O–H groups in total. The van der Waals surface area contributed by atoms with Crippen molar-refractivity contribution in [2.75, 3.05) is 17.3 Å². The summed E-state index contributed by atoms with van der Waals surface area (Å²) in [5.41, 5.74) is 2.02. The molecule has 5 rings (SSSR count). The second-order valence-electron chi connectivity index (χ2n) is 7.47.